The minimum atomic E-state index is 0.125. The molecule has 2 aliphatic carbocycles. The number of fused-ring (bicyclic) bond motifs is 3. The molecule has 1 nitrogen and oxygen atoms in total. The Morgan fingerprint density at radius 2 is 1.43 bits per heavy atom. The smallest absolute Gasteiger partial charge is 0.189 e. The molecule has 28 heavy (non-hydrogen) atoms. The fraction of sp³-hybridized carbons (Fsp3) is 0.148. The molecule has 0 heterocycles. The van der Waals surface area contributed by atoms with Gasteiger partial charge in [-0.1, -0.05) is 91.0 Å². The molecule has 3 aromatic carbocycles. The third-order valence-electron chi connectivity index (χ3n) is 5.80. The lowest BCUT2D eigenvalue weighted by molar-refractivity contribution is 0.103. The summed E-state index contributed by atoms with van der Waals surface area (Å²) in [6.45, 7) is 0. The zero-order valence-electron chi connectivity index (χ0n) is 15.7. The van der Waals surface area contributed by atoms with E-state index in [2.05, 4.69) is 85.0 Å². The largest absolute Gasteiger partial charge is 0.289 e. The topological polar surface area (TPSA) is 17.1 Å². The van der Waals surface area contributed by atoms with E-state index in [1.54, 1.807) is 0 Å². The van der Waals surface area contributed by atoms with Gasteiger partial charge >= 0.3 is 0 Å². The number of rotatable bonds is 4. The molecule has 1 heteroatoms. The summed E-state index contributed by atoms with van der Waals surface area (Å²) in [5.41, 5.74) is 6.77. The molecule has 0 N–H and O–H groups in total. The SMILES string of the molecule is O=C1C2=CC(Cc3ccccc3)C=CC2c2ccc(Cc3ccccc3)cc21. The normalized spacial score (nSPS) is 19.9. The minimum absolute atomic E-state index is 0.125. The van der Waals surface area contributed by atoms with Crippen molar-refractivity contribution in [3.63, 3.8) is 0 Å². The maximum Gasteiger partial charge on any atom is 0.189 e. The van der Waals surface area contributed by atoms with Crippen molar-refractivity contribution >= 4 is 5.78 Å². The summed E-state index contributed by atoms with van der Waals surface area (Å²) in [7, 11) is 0. The van der Waals surface area contributed by atoms with Crippen LogP contribution >= 0.6 is 0 Å². The number of Topliss-reactive ketones (excluding diaryl/α,β-unsaturated/α-hetero) is 1. The standard InChI is InChI=1S/C27H22O/c28-27-25-17-21(15-19-7-3-1-4-8-19)11-13-23(25)24-14-12-22(18-26(24)27)16-20-9-5-2-6-10-20/h1-14,17-18,21,23H,15-16H2. The monoisotopic (exact) mass is 362 g/mol. The van der Waals surface area contributed by atoms with Gasteiger partial charge in [0.1, 0.15) is 0 Å². The van der Waals surface area contributed by atoms with E-state index >= 15 is 0 Å². The van der Waals surface area contributed by atoms with E-state index in [1.807, 2.05) is 12.1 Å². The molecule has 0 aromatic heterocycles. The molecule has 3 aromatic rings. The van der Waals surface area contributed by atoms with Gasteiger partial charge in [0.2, 0.25) is 0 Å². The number of carbonyl (C=O) groups excluding carboxylic acids is 1. The van der Waals surface area contributed by atoms with E-state index in [4.69, 9.17) is 0 Å². The Bertz CT molecular complexity index is 1070. The van der Waals surface area contributed by atoms with Gasteiger partial charge in [0.15, 0.2) is 5.78 Å². The first-order valence-corrected chi connectivity index (χ1v) is 9.93. The number of carbonyl (C=O) groups is 1. The van der Waals surface area contributed by atoms with Crippen molar-refractivity contribution in [2.24, 2.45) is 5.92 Å². The van der Waals surface area contributed by atoms with Crippen LogP contribution in [0.25, 0.3) is 0 Å². The highest BCUT2D eigenvalue weighted by atomic mass is 16.1. The van der Waals surface area contributed by atoms with E-state index in [0.29, 0.717) is 0 Å². The van der Waals surface area contributed by atoms with Crippen LogP contribution < -0.4 is 0 Å². The van der Waals surface area contributed by atoms with Crippen LogP contribution in [0.1, 0.15) is 38.5 Å². The third-order valence-corrected chi connectivity index (χ3v) is 5.80. The van der Waals surface area contributed by atoms with Crippen LogP contribution in [-0.4, -0.2) is 5.78 Å². The van der Waals surface area contributed by atoms with Gasteiger partial charge in [-0.05, 0) is 47.1 Å². The Balaban J connectivity index is 1.41. The average molecular weight is 362 g/mol. The van der Waals surface area contributed by atoms with Crippen LogP contribution in [0.2, 0.25) is 0 Å². The molecule has 0 bridgehead atoms. The van der Waals surface area contributed by atoms with Gasteiger partial charge in [-0.15, -0.1) is 0 Å². The van der Waals surface area contributed by atoms with E-state index in [0.717, 1.165) is 29.5 Å². The fourth-order valence-corrected chi connectivity index (χ4v) is 4.42. The van der Waals surface area contributed by atoms with Crippen molar-refractivity contribution in [1.82, 2.24) is 0 Å². The molecule has 0 amide bonds. The van der Waals surface area contributed by atoms with Gasteiger partial charge in [0, 0.05) is 17.1 Å². The maximum atomic E-state index is 13.1. The predicted octanol–water partition coefficient (Wildman–Crippen LogP) is 5.91. The molecular formula is C27H22O. The maximum absolute atomic E-state index is 13.1. The van der Waals surface area contributed by atoms with Gasteiger partial charge in [-0.2, -0.15) is 0 Å². The molecule has 136 valence electrons. The van der Waals surface area contributed by atoms with E-state index in [9.17, 15) is 4.79 Å². The molecule has 0 radical (unpaired) electrons. The summed E-state index contributed by atoms with van der Waals surface area (Å²) in [4.78, 5) is 13.1. The summed E-state index contributed by atoms with van der Waals surface area (Å²) in [5, 5.41) is 0. The molecule has 2 atom stereocenters. The number of hydrogen-bond donors (Lipinski definition) is 0. The Morgan fingerprint density at radius 1 is 0.714 bits per heavy atom. The Morgan fingerprint density at radius 3 is 2.18 bits per heavy atom. The first-order chi connectivity index (χ1) is 13.8. The quantitative estimate of drug-likeness (QED) is 0.527. The van der Waals surface area contributed by atoms with Crippen LogP contribution in [-0.2, 0) is 12.8 Å². The van der Waals surface area contributed by atoms with Gasteiger partial charge in [0.25, 0.3) is 0 Å². The predicted molar refractivity (Wildman–Crippen MR) is 114 cm³/mol. The number of ketones is 1. The molecular weight excluding hydrogens is 340 g/mol. The summed E-state index contributed by atoms with van der Waals surface area (Å²) < 4.78 is 0. The van der Waals surface area contributed by atoms with Crippen molar-refractivity contribution in [2.75, 3.05) is 0 Å². The van der Waals surface area contributed by atoms with E-state index in [1.165, 1.54) is 16.7 Å². The summed E-state index contributed by atoms with van der Waals surface area (Å²) in [5.74, 6) is 0.619. The minimum Gasteiger partial charge on any atom is -0.289 e. The number of hydrogen-bond acceptors (Lipinski definition) is 1. The highest BCUT2D eigenvalue weighted by Crippen LogP contribution is 2.42. The van der Waals surface area contributed by atoms with Crippen LogP contribution in [0.3, 0.4) is 0 Å². The average Bonchev–Trinajstić information content (AvgIpc) is 3.01. The van der Waals surface area contributed by atoms with Crippen molar-refractivity contribution in [2.45, 2.75) is 18.8 Å². The molecule has 0 spiro atoms. The molecule has 0 aliphatic heterocycles. The van der Waals surface area contributed by atoms with Gasteiger partial charge in [0.05, 0.1) is 0 Å². The van der Waals surface area contributed by atoms with Crippen LogP contribution in [0.4, 0.5) is 0 Å². The first-order valence-electron chi connectivity index (χ1n) is 9.93. The zero-order valence-corrected chi connectivity index (χ0v) is 15.7. The highest BCUT2D eigenvalue weighted by Gasteiger charge is 2.35. The van der Waals surface area contributed by atoms with Crippen molar-refractivity contribution in [3.8, 4) is 0 Å². The second-order valence-electron chi connectivity index (χ2n) is 7.75. The second kappa shape index (κ2) is 7.09. The number of benzene rings is 3. The van der Waals surface area contributed by atoms with Gasteiger partial charge in [-0.25, -0.2) is 0 Å². The Kier molecular flexibility index (Phi) is 4.29. The van der Waals surface area contributed by atoms with E-state index < -0.39 is 0 Å². The highest BCUT2D eigenvalue weighted by molar-refractivity contribution is 6.15. The van der Waals surface area contributed by atoms with Crippen LogP contribution in [0.15, 0.2) is 103 Å². The second-order valence-corrected chi connectivity index (χ2v) is 7.75. The van der Waals surface area contributed by atoms with Crippen molar-refractivity contribution in [1.29, 1.82) is 0 Å². The van der Waals surface area contributed by atoms with Gasteiger partial charge < -0.3 is 0 Å². The summed E-state index contributed by atoms with van der Waals surface area (Å²) in [6, 6.07) is 27.3. The molecule has 2 unspecified atom stereocenters. The molecule has 5 rings (SSSR count). The van der Waals surface area contributed by atoms with E-state index in [-0.39, 0.29) is 17.6 Å². The molecule has 0 saturated carbocycles. The van der Waals surface area contributed by atoms with Crippen molar-refractivity contribution in [3.05, 3.63) is 130 Å². The van der Waals surface area contributed by atoms with Crippen LogP contribution in [0, 0.1) is 5.92 Å². The Hall–Kier alpha value is -3.19. The lowest BCUT2D eigenvalue weighted by Crippen LogP contribution is -2.09. The number of allylic oxidation sites excluding steroid dienone is 4. The van der Waals surface area contributed by atoms with Crippen LogP contribution in [0.5, 0.6) is 0 Å². The van der Waals surface area contributed by atoms with Crippen molar-refractivity contribution < 1.29 is 4.79 Å². The molecule has 0 saturated heterocycles. The molecule has 2 aliphatic rings. The summed E-state index contributed by atoms with van der Waals surface area (Å²) in [6.07, 6.45) is 8.48. The lowest BCUT2D eigenvalue weighted by atomic mass is 9.85. The lowest BCUT2D eigenvalue weighted by Gasteiger charge is -2.18. The Labute approximate surface area is 166 Å². The summed E-state index contributed by atoms with van der Waals surface area (Å²) >= 11 is 0. The molecule has 0 fully saturated rings. The fourth-order valence-electron chi connectivity index (χ4n) is 4.42. The third kappa shape index (κ3) is 3.14. The van der Waals surface area contributed by atoms with Gasteiger partial charge in [-0.3, -0.25) is 4.79 Å². The zero-order chi connectivity index (χ0) is 18.9. The first kappa shape index (κ1) is 16.9.